The van der Waals surface area contributed by atoms with E-state index in [9.17, 15) is 8.78 Å². The number of nitrogens with zero attached hydrogens (tertiary/aromatic N) is 6. The predicted molar refractivity (Wildman–Crippen MR) is 94.8 cm³/mol. The van der Waals surface area contributed by atoms with E-state index in [1.54, 1.807) is 17.1 Å². The van der Waals surface area contributed by atoms with Gasteiger partial charge in [0.2, 0.25) is 5.95 Å². The molecular formula is C16H12BrF2N7. The van der Waals surface area contributed by atoms with Crippen LogP contribution in [0.5, 0.6) is 0 Å². The van der Waals surface area contributed by atoms with E-state index in [1.807, 2.05) is 6.92 Å². The molecule has 0 spiro atoms. The van der Waals surface area contributed by atoms with Crippen LogP contribution in [0.4, 0.5) is 14.7 Å². The summed E-state index contributed by atoms with van der Waals surface area (Å²) in [6, 6.07) is 3.70. The summed E-state index contributed by atoms with van der Waals surface area (Å²) >= 11 is 3.37. The van der Waals surface area contributed by atoms with Gasteiger partial charge in [-0.15, -0.1) is 0 Å². The van der Waals surface area contributed by atoms with Gasteiger partial charge in [-0.3, -0.25) is 0 Å². The van der Waals surface area contributed by atoms with Crippen LogP contribution in [-0.2, 0) is 6.54 Å². The first-order valence-electron chi connectivity index (χ1n) is 7.58. The lowest BCUT2D eigenvalue weighted by atomic mass is 10.2. The molecule has 0 aliphatic heterocycles. The molecule has 7 nitrogen and oxygen atoms in total. The highest BCUT2D eigenvalue weighted by Crippen LogP contribution is 2.28. The number of anilines is 1. The Bertz CT molecular complexity index is 1120. The van der Waals surface area contributed by atoms with Gasteiger partial charge in [0.15, 0.2) is 11.5 Å². The van der Waals surface area contributed by atoms with Gasteiger partial charge in [-0.25, -0.2) is 18.1 Å². The minimum absolute atomic E-state index is 0.00306. The van der Waals surface area contributed by atoms with Crippen molar-refractivity contribution in [3.05, 3.63) is 58.0 Å². The summed E-state index contributed by atoms with van der Waals surface area (Å²) in [5.74, 6) is -0.888. The number of fused-ring (bicyclic) bond motifs is 1. The van der Waals surface area contributed by atoms with Crippen LogP contribution in [0.2, 0.25) is 0 Å². The maximum Gasteiger partial charge on any atom is 0.224 e. The van der Waals surface area contributed by atoms with Gasteiger partial charge in [-0.05, 0) is 40.5 Å². The summed E-state index contributed by atoms with van der Waals surface area (Å²) in [7, 11) is 0. The lowest BCUT2D eigenvalue weighted by molar-refractivity contribution is 0.535. The number of nitrogen functional groups attached to an aromatic ring is 1. The van der Waals surface area contributed by atoms with Crippen LogP contribution in [0, 0.1) is 18.6 Å². The minimum Gasteiger partial charge on any atom is -0.368 e. The number of aromatic nitrogens is 6. The second kappa shape index (κ2) is 6.13. The van der Waals surface area contributed by atoms with Crippen LogP contribution in [0.1, 0.15) is 11.1 Å². The molecule has 0 saturated heterocycles. The first-order chi connectivity index (χ1) is 12.4. The van der Waals surface area contributed by atoms with E-state index in [2.05, 4.69) is 36.1 Å². The first-order valence-corrected chi connectivity index (χ1v) is 8.37. The number of halogens is 3. The van der Waals surface area contributed by atoms with Gasteiger partial charge in [0, 0.05) is 11.8 Å². The fraction of sp³-hybridized carbons (Fsp3) is 0.125. The Morgan fingerprint density at radius 3 is 2.58 bits per heavy atom. The van der Waals surface area contributed by atoms with E-state index >= 15 is 0 Å². The van der Waals surface area contributed by atoms with Crippen LogP contribution in [0.15, 0.2) is 35.2 Å². The van der Waals surface area contributed by atoms with Crippen LogP contribution in [0.25, 0.3) is 16.9 Å². The molecule has 0 bridgehead atoms. The zero-order valence-electron chi connectivity index (χ0n) is 13.5. The molecule has 4 aromatic rings. The molecular weight excluding hydrogens is 408 g/mol. The molecule has 0 aliphatic rings. The average molecular weight is 420 g/mol. The first kappa shape index (κ1) is 16.6. The molecule has 0 radical (unpaired) electrons. The standard InChI is InChI=1S/C16H12BrF2N7/c1-8-5-21-25(6-8)14-12-13(17)24-26(15(12)23-16(20)22-14)7-9-10(18)3-2-4-11(9)19/h2-6H,7H2,1H3,(H2,20,22,23). The van der Waals surface area contributed by atoms with Crippen molar-refractivity contribution in [2.45, 2.75) is 13.5 Å². The zero-order valence-corrected chi connectivity index (χ0v) is 15.1. The molecule has 132 valence electrons. The second-order valence-electron chi connectivity index (χ2n) is 5.71. The Morgan fingerprint density at radius 1 is 1.19 bits per heavy atom. The van der Waals surface area contributed by atoms with E-state index in [4.69, 9.17) is 5.73 Å². The fourth-order valence-corrected chi connectivity index (χ4v) is 3.21. The summed E-state index contributed by atoms with van der Waals surface area (Å²) in [5.41, 5.74) is 7.00. The molecule has 0 aliphatic carbocycles. The molecule has 26 heavy (non-hydrogen) atoms. The van der Waals surface area contributed by atoms with Gasteiger partial charge in [-0.2, -0.15) is 20.2 Å². The Hall–Kier alpha value is -2.88. The molecule has 0 amide bonds. The average Bonchev–Trinajstić information content (AvgIpc) is 3.14. The highest BCUT2D eigenvalue weighted by molar-refractivity contribution is 9.10. The molecule has 0 saturated carbocycles. The number of nitrogens with two attached hydrogens (primary N) is 1. The third-order valence-electron chi connectivity index (χ3n) is 3.85. The quantitative estimate of drug-likeness (QED) is 0.551. The summed E-state index contributed by atoms with van der Waals surface area (Å²) in [5, 5.41) is 9.08. The van der Waals surface area contributed by atoms with Gasteiger partial charge in [-0.1, -0.05) is 6.07 Å². The number of hydrogen-bond acceptors (Lipinski definition) is 5. The predicted octanol–water partition coefficient (Wildman–Crippen LogP) is 2.99. The molecule has 0 unspecified atom stereocenters. The zero-order chi connectivity index (χ0) is 18.4. The Kier molecular flexibility index (Phi) is 3.91. The van der Waals surface area contributed by atoms with Crippen molar-refractivity contribution in [3.63, 3.8) is 0 Å². The monoisotopic (exact) mass is 419 g/mol. The lowest BCUT2D eigenvalue weighted by Gasteiger charge is -2.07. The van der Waals surface area contributed by atoms with E-state index < -0.39 is 11.6 Å². The van der Waals surface area contributed by atoms with E-state index in [-0.39, 0.29) is 18.1 Å². The summed E-state index contributed by atoms with van der Waals surface area (Å²) in [4.78, 5) is 8.43. The molecule has 1 aromatic carbocycles. The SMILES string of the molecule is Cc1cnn(-c2nc(N)nc3c2c(Br)nn3Cc2c(F)cccc2F)c1. The van der Waals surface area contributed by atoms with Gasteiger partial charge in [0.05, 0.1) is 18.1 Å². The van der Waals surface area contributed by atoms with Gasteiger partial charge < -0.3 is 5.73 Å². The number of benzene rings is 1. The largest absolute Gasteiger partial charge is 0.368 e. The molecule has 2 N–H and O–H groups in total. The van der Waals surface area contributed by atoms with E-state index in [1.165, 1.54) is 22.9 Å². The van der Waals surface area contributed by atoms with Crippen molar-refractivity contribution >= 4 is 32.9 Å². The summed E-state index contributed by atoms with van der Waals surface area (Å²) in [6.07, 6.45) is 3.46. The smallest absolute Gasteiger partial charge is 0.224 e. The maximum absolute atomic E-state index is 14.0. The van der Waals surface area contributed by atoms with Crippen LogP contribution in [0.3, 0.4) is 0 Å². The van der Waals surface area contributed by atoms with E-state index in [0.29, 0.717) is 21.5 Å². The van der Waals surface area contributed by atoms with Gasteiger partial charge in [0.1, 0.15) is 16.2 Å². The molecule has 10 heteroatoms. The van der Waals surface area contributed by atoms with Crippen molar-refractivity contribution in [1.29, 1.82) is 0 Å². The maximum atomic E-state index is 14.0. The van der Waals surface area contributed by atoms with Gasteiger partial charge in [0.25, 0.3) is 0 Å². The van der Waals surface area contributed by atoms with Crippen LogP contribution in [-0.4, -0.2) is 29.5 Å². The molecule has 0 atom stereocenters. The van der Waals surface area contributed by atoms with Gasteiger partial charge >= 0.3 is 0 Å². The normalized spacial score (nSPS) is 11.4. The Balaban J connectivity index is 1.92. The van der Waals surface area contributed by atoms with Crippen molar-refractivity contribution < 1.29 is 8.78 Å². The molecule has 0 fully saturated rings. The Labute approximate surface area is 154 Å². The fourth-order valence-electron chi connectivity index (χ4n) is 2.67. The van der Waals surface area contributed by atoms with Crippen molar-refractivity contribution in [3.8, 4) is 5.82 Å². The highest BCUT2D eigenvalue weighted by atomic mass is 79.9. The van der Waals surface area contributed by atoms with Crippen LogP contribution >= 0.6 is 15.9 Å². The molecule has 4 rings (SSSR count). The topological polar surface area (TPSA) is 87.4 Å². The summed E-state index contributed by atoms with van der Waals surface area (Å²) in [6.45, 7) is 1.75. The second-order valence-corrected chi connectivity index (χ2v) is 6.47. The van der Waals surface area contributed by atoms with Crippen molar-refractivity contribution in [1.82, 2.24) is 29.5 Å². The van der Waals surface area contributed by atoms with E-state index in [0.717, 1.165) is 5.56 Å². The minimum atomic E-state index is -0.658. The molecule has 3 aromatic heterocycles. The summed E-state index contributed by atoms with van der Waals surface area (Å²) < 4.78 is 31.4. The third kappa shape index (κ3) is 2.71. The van der Waals surface area contributed by atoms with Crippen molar-refractivity contribution in [2.75, 3.05) is 5.73 Å². The lowest BCUT2D eigenvalue weighted by Crippen LogP contribution is -2.09. The third-order valence-corrected chi connectivity index (χ3v) is 4.40. The highest BCUT2D eigenvalue weighted by Gasteiger charge is 2.20. The van der Waals surface area contributed by atoms with Crippen LogP contribution < -0.4 is 5.73 Å². The number of rotatable bonds is 3. The van der Waals surface area contributed by atoms with Crippen molar-refractivity contribution in [2.24, 2.45) is 0 Å². The Morgan fingerprint density at radius 2 is 1.92 bits per heavy atom. The number of hydrogen-bond donors (Lipinski definition) is 1. The number of aryl methyl sites for hydroxylation is 1. The molecule has 3 heterocycles.